The van der Waals surface area contributed by atoms with Gasteiger partial charge in [0, 0.05) is 17.9 Å². The first-order valence-corrected chi connectivity index (χ1v) is 6.48. The molecule has 1 rings (SSSR count). The van der Waals surface area contributed by atoms with Crippen molar-refractivity contribution in [2.45, 2.75) is 19.4 Å². The Morgan fingerprint density at radius 1 is 1.60 bits per heavy atom. The number of thioether (sulfide) groups is 1. The summed E-state index contributed by atoms with van der Waals surface area (Å²) >= 11 is 7.57. The lowest BCUT2D eigenvalue weighted by Crippen LogP contribution is -2.22. The molecule has 0 saturated carbocycles. The van der Waals surface area contributed by atoms with E-state index in [4.69, 9.17) is 17.3 Å². The summed E-state index contributed by atoms with van der Waals surface area (Å²) in [4.78, 5) is 7.87. The molecule has 15 heavy (non-hydrogen) atoms. The molecule has 0 radical (unpaired) electrons. The zero-order valence-electron chi connectivity index (χ0n) is 8.83. The largest absolute Gasteiger partial charge is 0.368 e. The molecule has 4 nitrogen and oxygen atoms in total. The highest BCUT2D eigenvalue weighted by Crippen LogP contribution is 2.15. The first-order valence-electron chi connectivity index (χ1n) is 4.71. The fraction of sp³-hybridized carbons (Fsp3) is 0.556. The molecule has 0 amide bonds. The third-order valence-electron chi connectivity index (χ3n) is 1.92. The van der Waals surface area contributed by atoms with Gasteiger partial charge < -0.3 is 11.1 Å². The van der Waals surface area contributed by atoms with Crippen LogP contribution in [0.1, 0.15) is 13.3 Å². The number of anilines is 2. The van der Waals surface area contributed by atoms with Gasteiger partial charge in [-0.05, 0) is 12.7 Å². The highest BCUT2D eigenvalue weighted by Gasteiger charge is 2.07. The average molecular weight is 247 g/mol. The van der Waals surface area contributed by atoms with Crippen LogP contribution in [0.5, 0.6) is 0 Å². The Balaban J connectivity index is 2.69. The van der Waals surface area contributed by atoms with Crippen molar-refractivity contribution in [1.29, 1.82) is 0 Å². The van der Waals surface area contributed by atoms with Gasteiger partial charge in [-0.3, -0.25) is 0 Å². The van der Waals surface area contributed by atoms with Crippen LogP contribution in [0.3, 0.4) is 0 Å². The smallest absolute Gasteiger partial charge is 0.223 e. The molecule has 0 fully saturated rings. The SMILES string of the molecule is CCC(CSC)Nc1cc(Cl)nc(N)n1. The van der Waals surface area contributed by atoms with E-state index in [-0.39, 0.29) is 5.95 Å². The van der Waals surface area contributed by atoms with Crippen molar-refractivity contribution in [3.05, 3.63) is 11.2 Å². The summed E-state index contributed by atoms with van der Waals surface area (Å²) in [6.07, 6.45) is 3.11. The molecule has 0 saturated heterocycles. The van der Waals surface area contributed by atoms with E-state index in [1.165, 1.54) is 0 Å². The molecular weight excluding hydrogens is 232 g/mol. The van der Waals surface area contributed by atoms with Crippen molar-refractivity contribution >= 4 is 35.1 Å². The molecule has 0 aliphatic rings. The van der Waals surface area contributed by atoms with Gasteiger partial charge >= 0.3 is 0 Å². The highest BCUT2D eigenvalue weighted by molar-refractivity contribution is 7.98. The third-order valence-corrected chi connectivity index (χ3v) is 2.85. The molecule has 1 atom stereocenters. The molecule has 84 valence electrons. The number of halogens is 1. The van der Waals surface area contributed by atoms with Gasteiger partial charge in [0.15, 0.2) is 0 Å². The summed E-state index contributed by atoms with van der Waals surface area (Å²) in [5.41, 5.74) is 5.50. The van der Waals surface area contributed by atoms with Crippen molar-refractivity contribution in [3.63, 3.8) is 0 Å². The summed E-state index contributed by atoms with van der Waals surface area (Å²) in [6.45, 7) is 2.13. The number of nitrogen functional groups attached to an aromatic ring is 1. The van der Waals surface area contributed by atoms with Crippen LogP contribution in [0, 0.1) is 0 Å². The van der Waals surface area contributed by atoms with Crippen molar-refractivity contribution in [1.82, 2.24) is 9.97 Å². The Kier molecular flexibility index (Phi) is 4.98. The van der Waals surface area contributed by atoms with Gasteiger partial charge in [0.2, 0.25) is 5.95 Å². The zero-order chi connectivity index (χ0) is 11.3. The fourth-order valence-corrected chi connectivity index (χ4v) is 2.09. The maximum Gasteiger partial charge on any atom is 0.223 e. The van der Waals surface area contributed by atoms with Crippen molar-refractivity contribution in [2.24, 2.45) is 0 Å². The van der Waals surface area contributed by atoms with E-state index in [9.17, 15) is 0 Å². The lowest BCUT2D eigenvalue weighted by Gasteiger charge is -2.16. The summed E-state index contributed by atoms with van der Waals surface area (Å²) in [5.74, 6) is 1.91. The third kappa shape index (κ3) is 4.13. The first kappa shape index (κ1) is 12.4. The van der Waals surface area contributed by atoms with Gasteiger partial charge in [-0.15, -0.1) is 0 Å². The number of aromatic nitrogens is 2. The molecule has 0 aliphatic carbocycles. The molecule has 1 heterocycles. The molecule has 0 bridgehead atoms. The quantitative estimate of drug-likeness (QED) is 0.781. The number of nitrogens with two attached hydrogens (primary N) is 1. The van der Waals surface area contributed by atoms with E-state index < -0.39 is 0 Å². The maximum absolute atomic E-state index is 5.78. The second kappa shape index (κ2) is 6.02. The Labute approximate surface area is 99.0 Å². The molecular formula is C9H15ClN4S. The molecule has 1 unspecified atom stereocenters. The molecule has 3 N–H and O–H groups in total. The van der Waals surface area contributed by atoms with Crippen LogP contribution in [0.15, 0.2) is 6.07 Å². The van der Waals surface area contributed by atoms with Crippen LogP contribution in [-0.2, 0) is 0 Å². The standard InChI is InChI=1S/C9H15ClN4S/c1-3-6(5-15-2)12-8-4-7(10)13-9(11)14-8/h4,6H,3,5H2,1-2H3,(H3,11,12,13,14). The topological polar surface area (TPSA) is 63.8 Å². The Bertz CT molecular complexity index is 301. The van der Waals surface area contributed by atoms with E-state index in [1.54, 1.807) is 17.8 Å². The minimum Gasteiger partial charge on any atom is -0.368 e. The van der Waals surface area contributed by atoms with Crippen LogP contribution in [0.2, 0.25) is 5.15 Å². The summed E-state index contributed by atoms with van der Waals surface area (Å²) in [6, 6.07) is 2.06. The molecule has 6 heteroatoms. The van der Waals surface area contributed by atoms with Crippen molar-refractivity contribution in [2.75, 3.05) is 23.1 Å². The zero-order valence-corrected chi connectivity index (χ0v) is 10.4. The van der Waals surface area contributed by atoms with Gasteiger partial charge in [-0.2, -0.15) is 16.7 Å². The summed E-state index contributed by atoms with van der Waals surface area (Å²) < 4.78 is 0. The highest BCUT2D eigenvalue weighted by atomic mass is 35.5. The van der Waals surface area contributed by atoms with E-state index in [2.05, 4.69) is 28.5 Å². The van der Waals surface area contributed by atoms with Crippen LogP contribution in [-0.4, -0.2) is 28.0 Å². The van der Waals surface area contributed by atoms with Gasteiger partial charge in [0.1, 0.15) is 11.0 Å². The predicted octanol–water partition coefficient (Wildman–Crippen LogP) is 2.27. The second-order valence-electron chi connectivity index (χ2n) is 3.14. The van der Waals surface area contributed by atoms with Crippen LogP contribution < -0.4 is 11.1 Å². The number of nitrogens with zero attached hydrogens (tertiary/aromatic N) is 2. The van der Waals surface area contributed by atoms with Gasteiger partial charge in [0.05, 0.1) is 0 Å². The van der Waals surface area contributed by atoms with Gasteiger partial charge in [-0.25, -0.2) is 4.98 Å². The van der Waals surface area contributed by atoms with Crippen LogP contribution in [0.4, 0.5) is 11.8 Å². The lowest BCUT2D eigenvalue weighted by atomic mass is 10.2. The van der Waals surface area contributed by atoms with Crippen molar-refractivity contribution < 1.29 is 0 Å². The fourth-order valence-electron chi connectivity index (χ4n) is 1.18. The Morgan fingerprint density at radius 3 is 2.87 bits per heavy atom. The molecule has 0 spiro atoms. The molecule has 0 aromatic carbocycles. The minimum absolute atomic E-state index is 0.198. The Morgan fingerprint density at radius 2 is 2.33 bits per heavy atom. The normalized spacial score (nSPS) is 12.5. The van der Waals surface area contributed by atoms with E-state index in [0.717, 1.165) is 12.2 Å². The van der Waals surface area contributed by atoms with Crippen molar-refractivity contribution in [3.8, 4) is 0 Å². The van der Waals surface area contributed by atoms with Gasteiger partial charge in [-0.1, -0.05) is 18.5 Å². The van der Waals surface area contributed by atoms with E-state index >= 15 is 0 Å². The molecule has 1 aromatic rings. The van der Waals surface area contributed by atoms with Crippen LogP contribution in [0.25, 0.3) is 0 Å². The lowest BCUT2D eigenvalue weighted by molar-refractivity contribution is 0.769. The number of hydrogen-bond donors (Lipinski definition) is 2. The number of nitrogens with one attached hydrogen (secondary N) is 1. The maximum atomic E-state index is 5.78. The molecule has 0 aliphatic heterocycles. The summed E-state index contributed by atoms with van der Waals surface area (Å²) in [5, 5.41) is 3.64. The van der Waals surface area contributed by atoms with E-state index in [1.807, 2.05) is 0 Å². The van der Waals surface area contributed by atoms with E-state index in [0.29, 0.717) is 17.0 Å². The molecule has 1 aromatic heterocycles. The summed E-state index contributed by atoms with van der Waals surface area (Å²) in [7, 11) is 0. The predicted molar refractivity (Wildman–Crippen MR) is 67.5 cm³/mol. The number of hydrogen-bond acceptors (Lipinski definition) is 5. The van der Waals surface area contributed by atoms with Gasteiger partial charge in [0.25, 0.3) is 0 Å². The first-order chi connectivity index (χ1) is 7.15. The Hall–Kier alpha value is -0.680. The minimum atomic E-state index is 0.198. The average Bonchev–Trinajstić information content (AvgIpc) is 2.15. The second-order valence-corrected chi connectivity index (χ2v) is 4.44. The number of rotatable bonds is 5. The van der Waals surface area contributed by atoms with Crippen LogP contribution >= 0.6 is 23.4 Å². The monoisotopic (exact) mass is 246 g/mol.